The molecule has 0 spiro atoms. The van der Waals surface area contributed by atoms with Crippen molar-refractivity contribution in [3.8, 4) is 0 Å². The van der Waals surface area contributed by atoms with Crippen LogP contribution in [0.15, 0.2) is 18.6 Å². The van der Waals surface area contributed by atoms with E-state index in [0.29, 0.717) is 6.54 Å². The van der Waals surface area contributed by atoms with E-state index in [9.17, 15) is 0 Å². The lowest BCUT2D eigenvalue weighted by molar-refractivity contribution is 0.416. The molecule has 0 aromatic carbocycles. The van der Waals surface area contributed by atoms with Gasteiger partial charge in [-0.15, -0.1) is 10.2 Å². The van der Waals surface area contributed by atoms with Crippen LogP contribution >= 0.6 is 0 Å². The maximum absolute atomic E-state index is 4.11. The quantitative estimate of drug-likeness (QED) is 0.795. The van der Waals surface area contributed by atoms with Crippen molar-refractivity contribution in [1.29, 1.82) is 0 Å². The zero-order valence-corrected chi connectivity index (χ0v) is 9.23. The lowest BCUT2D eigenvalue weighted by Crippen LogP contribution is -2.35. The zero-order valence-electron chi connectivity index (χ0n) is 9.23. The van der Waals surface area contributed by atoms with Gasteiger partial charge in [0.25, 0.3) is 0 Å². The van der Waals surface area contributed by atoms with Crippen molar-refractivity contribution >= 4 is 5.65 Å². The van der Waals surface area contributed by atoms with Gasteiger partial charge in [-0.1, -0.05) is 0 Å². The number of fused-ring (bicyclic) bond motifs is 1. The summed E-state index contributed by atoms with van der Waals surface area (Å²) in [5.41, 5.74) is 0.863. The van der Waals surface area contributed by atoms with Crippen molar-refractivity contribution in [2.45, 2.75) is 32.9 Å². The highest BCUT2D eigenvalue weighted by atomic mass is 15.3. The molecular weight excluding hydrogens is 190 g/mol. The van der Waals surface area contributed by atoms with E-state index in [0.717, 1.165) is 11.5 Å². The van der Waals surface area contributed by atoms with Crippen molar-refractivity contribution < 1.29 is 0 Å². The number of hydrogen-bond donors (Lipinski definition) is 1. The maximum Gasteiger partial charge on any atom is 0.179 e. The average molecular weight is 205 g/mol. The molecule has 15 heavy (non-hydrogen) atoms. The average Bonchev–Trinajstić information content (AvgIpc) is 2.57. The number of hydrogen-bond acceptors (Lipinski definition) is 4. The second kappa shape index (κ2) is 3.58. The number of nitrogens with zero attached hydrogens (tertiary/aromatic N) is 4. The van der Waals surface area contributed by atoms with Crippen LogP contribution in [0.3, 0.4) is 0 Å². The van der Waals surface area contributed by atoms with Gasteiger partial charge in [0.1, 0.15) is 0 Å². The fourth-order valence-corrected chi connectivity index (χ4v) is 1.27. The summed E-state index contributed by atoms with van der Waals surface area (Å²) < 4.78 is 1.94. The van der Waals surface area contributed by atoms with Crippen molar-refractivity contribution in [3.63, 3.8) is 0 Å². The van der Waals surface area contributed by atoms with E-state index in [1.165, 1.54) is 0 Å². The third kappa shape index (κ3) is 2.30. The predicted octanol–water partition coefficient (Wildman–Crippen LogP) is 1.01. The zero-order chi connectivity index (χ0) is 10.9. The van der Waals surface area contributed by atoms with Gasteiger partial charge in [-0.3, -0.25) is 9.38 Å². The molecule has 0 saturated carbocycles. The standard InChI is InChI=1S/C10H15N5/c1-10(2,3)12-7-9-14-13-8-6-11-4-5-15(8)9/h4-6,12H,7H2,1-3H3. The minimum Gasteiger partial charge on any atom is -0.305 e. The first-order valence-electron chi connectivity index (χ1n) is 4.95. The number of nitrogens with one attached hydrogen (secondary N) is 1. The number of rotatable bonds is 2. The second-order valence-corrected chi connectivity index (χ2v) is 4.52. The molecule has 2 heterocycles. The molecule has 0 fully saturated rings. The molecule has 0 atom stereocenters. The lowest BCUT2D eigenvalue weighted by Gasteiger charge is -2.19. The molecule has 0 aliphatic heterocycles. The third-order valence-corrected chi connectivity index (χ3v) is 2.06. The van der Waals surface area contributed by atoms with Crippen LogP contribution in [0, 0.1) is 0 Å². The molecule has 2 aromatic rings. The fraction of sp³-hybridized carbons (Fsp3) is 0.500. The first-order valence-corrected chi connectivity index (χ1v) is 4.95. The molecule has 0 unspecified atom stereocenters. The molecule has 0 bridgehead atoms. The monoisotopic (exact) mass is 205 g/mol. The molecule has 5 nitrogen and oxygen atoms in total. The Kier molecular flexibility index (Phi) is 2.40. The van der Waals surface area contributed by atoms with E-state index in [2.05, 4.69) is 41.3 Å². The maximum atomic E-state index is 4.11. The van der Waals surface area contributed by atoms with Gasteiger partial charge < -0.3 is 5.32 Å². The molecule has 0 radical (unpaired) electrons. The third-order valence-electron chi connectivity index (χ3n) is 2.06. The topological polar surface area (TPSA) is 55.1 Å². The van der Waals surface area contributed by atoms with Crippen LogP contribution in [0.25, 0.3) is 5.65 Å². The summed E-state index contributed by atoms with van der Waals surface area (Å²) in [6, 6.07) is 0. The summed E-state index contributed by atoms with van der Waals surface area (Å²) in [7, 11) is 0. The molecule has 1 N–H and O–H groups in total. The van der Waals surface area contributed by atoms with E-state index in [1.807, 2.05) is 10.6 Å². The Hall–Kier alpha value is -1.49. The molecule has 5 heteroatoms. The minimum atomic E-state index is 0.0822. The molecule has 0 aliphatic carbocycles. The van der Waals surface area contributed by atoms with E-state index in [-0.39, 0.29) is 5.54 Å². The van der Waals surface area contributed by atoms with Gasteiger partial charge in [-0.05, 0) is 20.8 Å². The van der Waals surface area contributed by atoms with Crippen LogP contribution in [0.4, 0.5) is 0 Å². The highest BCUT2D eigenvalue weighted by Crippen LogP contribution is 2.04. The van der Waals surface area contributed by atoms with Gasteiger partial charge in [0.2, 0.25) is 0 Å². The molecule has 2 aromatic heterocycles. The lowest BCUT2D eigenvalue weighted by atomic mass is 10.1. The van der Waals surface area contributed by atoms with E-state index in [1.54, 1.807) is 12.4 Å². The van der Waals surface area contributed by atoms with Gasteiger partial charge in [0.15, 0.2) is 11.5 Å². The molecular formula is C10H15N5. The van der Waals surface area contributed by atoms with E-state index in [4.69, 9.17) is 0 Å². The van der Waals surface area contributed by atoms with Crippen LogP contribution in [-0.4, -0.2) is 25.1 Å². The Bertz CT molecular complexity index is 454. The first-order chi connectivity index (χ1) is 7.06. The fourth-order valence-electron chi connectivity index (χ4n) is 1.27. The normalized spacial score (nSPS) is 12.2. The van der Waals surface area contributed by atoms with Crippen molar-refractivity contribution in [3.05, 3.63) is 24.4 Å². The predicted molar refractivity (Wildman–Crippen MR) is 57.4 cm³/mol. The summed E-state index contributed by atoms with van der Waals surface area (Å²) in [4.78, 5) is 3.99. The van der Waals surface area contributed by atoms with Gasteiger partial charge in [-0.25, -0.2) is 0 Å². The van der Waals surface area contributed by atoms with Crippen LogP contribution in [0.5, 0.6) is 0 Å². The van der Waals surface area contributed by atoms with Gasteiger partial charge in [0, 0.05) is 17.9 Å². The number of aromatic nitrogens is 4. The molecule has 2 rings (SSSR count). The smallest absolute Gasteiger partial charge is 0.179 e. The van der Waals surface area contributed by atoms with Crippen LogP contribution in [-0.2, 0) is 6.54 Å². The first kappa shape index (κ1) is 10.0. The SMILES string of the molecule is CC(C)(C)NCc1nnc2cnccn12. The van der Waals surface area contributed by atoms with Crippen LogP contribution in [0.1, 0.15) is 26.6 Å². The summed E-state index contributed by atoms with van der Waals surface area (Å²) in [6.07, 6.45) is 5.31. The Morgan fingerprint density at radius 2 is 2.13 bits per heavy atom. The summed E-state index contributed by atoms with van der Waals surface area (Å²) in [6.45, 7) is 7.07. The summed E-state index contributed by atoms with van der Waals surface area (Å²) >= 11 is 0. The Balaban J connectivity index is 2.22. The Labute approximate surface area is 88.6 Å². The molecule has 0 amide bonds. The Morgan fingerprint density at radius 3 is 2.87 bits per heavy atom. The van der Waals surface area contributed by atoms with Crippen molar-refractivity contribution in [2.24, 2.45) is 0 Å². The van der Waals surface area contributed by atoms with Crippen LogP contribution in [0.2, 0.25) is 0 Å². The van der Waals surface area contributed by atoms with Crippen LogP contribution < -0.4 is 5.32 Å². The minimum absolute atomic E-state index is 0.0822. The van der Waals surface area contributed by atoms with Crippen molar-refractivity contribution in [2.75, 3.05) is 0 Å². The van der Waals surface area contributed by atoms with E-state index < -0.39 is 0 Å². The largest absolute Gasteiger partial charge is 0.305 e. The Morgan fingerprint density at radius 1 is 1.33 bits per heavy atom. The van der Waals surface area contributed by atoms with Gasteiger partial charge in [-0.2, -0.15) is 0 Å². The molecule has 0 saturated heterocycles. The second-order valence-electron chi connectivity index (χ2n) is 4.52. The summed E-state index contributed by atoms with van der Waals surface area (Å²) in [5, 5.41) is 11.5. The highest BCUT2D eigenvalue weighted by molar-refractivity contribution is 5.33. The van der Waals surface area contributed by atoms with E-state index >= 15 is 0 Å². The molecule has 80 valence electrons. The highest BCUT2D eigenvalue weighted by Gasteiger charge is 2.11. The summed E-state index contributed by atoms with van der Waals surface area (Å²) in [5.74, 6) is 0.905. The molecule has 0 aliphatic rings. The van der Waals surface area contributed by atoms with Crippen molar-refractivity contribution in [1.82, 2.24) is 24.9 Å². The van der Waals surface area contributed by atoms with Gasteiger partial charge in [0.05, 0.1) is 12.7 Å². The van der Waals surface area contributed by atoms with Gasteiger partial charge >= 0.3 is 0 Å².